The number of carbonyl (C=O) groups is 1. The summed E-state index contributed by atoms with van der Waals surface area (Å²) in [5.74, 6) is -0.504. The minimum absolute atomic E-state index is 0.172. The highest BCUT2D eigenvalue weighted by atomic mass is 35.5. The van der Waals surface area contributed by atoms with E-state index >= 15 is 0 Å². The highest BCUT2D eigenvalue weighted by molar-refractivity contribution is 6.31. The molecule has 0 unspecified atom stereocenters. The second kappa shape index (κ2) is 5.58. The summed E-state index contributed by atoms with van der Waals surface area (Å²) in [6.07, 6.45) is 1.84. The van der Waals surface area contributed by atoms with Crippen molar-refractivity contribution in [2.24, 2.45) is 0 Å². The van der Waals surface area contributed by atoms with E-state index in [0.29, 0.717) is 10.7 Å². The molecule has 0 saturated carbocycles. The van der Waals surface area contributed by atoms with Gasteiger partial charge in [0.2, 0.25) is 5.91 Å². The van der Waals surface area contributed by atoms with E-state index in [-0.39, 0.29) is 18.3 Å². The van der Waals surface area contributed by atoms with Crippen molar-refractivity contribution in [3.63, 3.8) is 0 Å². The monoisotopic (exact) mass is 302 g/mol. The first kappa shape index (κ1) is 13.6. The van der Waals surface area contributed by atoms with Crippen molar-refractivity contribution >= 4 is 34.1 Å². The van der Waals surface area contributed by atoms with Crippen LogP contribution < -0.4 is 5.32 Å². The van der Waals surface area contributed by atoms with Gasteiger partial charge in [-0.25, -0.2) is 4.39 Å². The number of anilines is 1. The van der Waals surface area contributed by atoms with Gasteiger partial charge in [-0.15, -0.1) is 0 Å². The van der Waals surface area contributed by atoms with Crippen LogP contribution in [0.3, 0.4) is 0 Å². The maximum absolute atomic E-state index is 12.8. The Morgan fingerprint density at radius 1 is 1.14 bits per heavy atom. The molecule has 0 spiro atoms. The van der Waals surface area contributed by atoms with Crippen LogP contribution in [-0.4, -0.2) is 10.5 Å². The van der Waals surface area contributed by atoms with Crippen LogP contribution in [0.1, 0.15) is 0 Å². The summed E-state index contributed by atoms with van der Waals surface area (Å²) in [5.41, 5.74) is 1.51. The van der Waals surface area contributed by atoms with E-state index < -0.39 is 0 Å². The van der Waals surface area contributed by atoms with E-state index in [1.54, 1.807) is 6.07 Å². The van der Waals surface area contributed by atoms with Crippen molar-refractivity contribution in [3.05, 3.63) is 65.6 Å². The first-order valence-electron chi connectivity index (χ1n) is 6.42. The predicted octanol–water partition coefficient (Wildman–Crippen LogP) is 4.07. The lowest BCUT2D eigenvalue weighted by Gasteiger charge is -2.07. The van der Waals surface area contributed by atoms with Gasteiger partial charge in [-0.1, -0.05) is 11.6 Å². The molecule has 0 aliphatic rings. The molecule has 106 valence electrons. The van der Waals surface area contributed by atoms with E-state index in [4.69, 9.17) is 11.6 Å². The summed E-state index contributed by atoms with van der Waals surface area (Å²) in [6.45, 7) is 0.183. The number of benzene rings is 2. The van der Waals surface area contributed by atoms with Crippen LogP contribution in [0.5, 0.6) is 0 Å². The molecular formula is C16H12ClFN2O. The highest BCUT2D eigenvalue weighted by Gasteiger charge is 2.07. The number of carbonyl (C=O) groups excluding carboxylic acids is 1. The summed E-state index contributed by atoms with van der Waals surface area (Å²) in [5, 5.41) is 4.38. The number of hydrogen-bond donors (Lipinski definition) is 1. The molecule has 3 aromatic rings. The lowest BCUT2D eigenvalue weighted by atomic mass is 10.2. The van der Waals surface area contributed by atoms with Crippen molar-refractivity contribution in [2.75, 3.05) is 5.32 Å². The summed E-state index contributed by atoms with van der Waals surface area (Å²) < 4.78 is 14.6. The maximum Gasteiger partial charge on any atom is 0.244 e. The highest BCUT2D eigenvalue weighted by Crippen LogP contribution is 2.20. The Morgan fingerprint density at radius 3 is 2.67 bits per heavy atom. The van der Waals surface area contributed by atoms with Gasteiger partial charge in [0.15, 0.2) is 0 Å². The molecule has 0 radical (unpaired) electrons. The molecule has 0 atom stereocenters. The van der Waals surface area contributed by atoms with Crippen molar-refractivity contribution in [1.82, 2.24) is 4.57 Å². The number of nitrogens with zero attached hydrogens (tertiary/aromatic N) is 1. The van der Waals surface area contributed by atoms with Crippen LogP contribution in [-0.2, 0) is 11.3 Å². The number of nitrogens with one attached hydrogen (secondary N) is 1. The van der Waals surface area contributed by atoms with E-state index in [0.717, 1.165) is 10.9 Å². The molecule has 1 heterocycles. The second-order valence-corrected chi connectivity index (χ2v) is 5.14. The average Bonchev–Trinajstić information content (AvgIpc) is 2.83. The molecule has 0 bridgehead atoms. The normalized spacial score (nSPS) is 10.8. The predicted molar refractivity (Wildman–Crippen MR) is 82.0 cm³/mol. The number of rotatable bonds is 3. The third kappa shape index (κ3) is 3.06. The average molecular weight is 303 g/mol. The van der Waals surface area contributed by atoms with Crippen molar-refractivity contribution in [3.8, 4) is 0 Å². The largest absolute Gasteiger partial charge is 0.338 e. The molecule has 1 aromatic heterocycles. The van der Waals surface area contributed by atoms with Gasteiger partial charge in [0.1, 0.15) is 12.4 Å². The fourth-order valence-electron chi connectivity index (χ4n) is 2.20. The number of aromatic nitrogens is 1. The Hall–Kier alpha value is -2.33. The van der Waals surface area contributed by atoms with Gasteiger partial charge in [0.25, 0.3) is 0 Å². The Kier molecular flexibility index (Phi) is 3.62. The van der Waals surface area contributed by atoms with Gasteiger partial charge in [0, 0.05) is 27.8 Å². The Balaban J connectivity index is 1.75. The summed E-state index contributed by atoms with van der Waals surface area (Å²) in [6, 6.07) is 13.1. The Labute approximate surface area is 125 Å². The minimum Gasteiger partial charge on any atom is -0.338 e. The second-order valence-electron chi connectivity index (χ2n) is 4.70. The topological polar surface area (TPSA) is 34.0 Å². The number of hydrogen-bond acceptors (Lipinski definition) is 1. The van der Waals surface area contributed by atoms with Gasteiger partial charge in [-0.05, 0) is 48.5 Å². The first-order valence-corrected chi connectivity index (χ1v) is 6.79. The standard InChI is InChI=1S/C16H12ClFN2O/c17-12-1-6-15-11(9-12)7-8-20(15)10-16(21)19-14-4-2-13(18)3-5-14/h1-9H,10H2,(H,19,21). The first-order chi connectivity index (χ1) is 10.1. The van der Waals surface area contributed by atoms with Gasteiger partial charge in [0.05, 0.1) is 0 Å². The van der Waals surface area contributed by atoms with Crippen molar-refractivity contribution < 1.29 is 9.18 Å². The summed E-state index contributed by atoms with van der Waals surface area (Å²) >= 11 is 5.93. The number of amides is 1. The van der Waals surface area contributed by atoms with Crippen LogP contribution in [0.2, 0.25) is 5.02 Å². The Bertz CT molecular complexity index is 796. The van der Waals surface area contributed by atoms with Crippen LogP contribution in [0, 0.1) is 5.82 Å². The Morgan fingerprint density at radius 2 is 1.90 bits per heavy atom. The molecule has 21 heavy (non-hydrogen) atoms. The fourth-order valence-corrected chi connectivity index (χ4v) is 2.38. The molecular weight excluding hydrogens is 291 g/mol. The van der Waals surface area contributed by atoms with Crippen LogP contribution >= 0.6 is 11.6 Å². The fraction of sp³-hybridized carbons (Fsp3) is 0.0625. The quantitative estimate of drug-likeness (QED) is 0.777. The van der Waals surface area contributed by atoms with Crippen molar-refractivity contribution in [1.29, 1.82) is 0 Å². The third-order valence-corrected chi connectivity index (χ3v) is 3.41. The minimum atomic E-state index is -0.332. The van der Waals surface area contributed by atoms with Crippen LogP contribution in [0.25, 0.3) is 10.9 Å². The molecule has 0 saturated heterocycles. The third-order valence-electron chi connectivity index (χ3n) is 3.17. The zero-order valence-electron chi connectivity index (χ0n) is 11.0. The van der Waals surface area contributed by atoms with Gasteiger partial charge >= 0.3 is 0 Å². The molecule has 1 amide bonds. The van der Waals surface area contributed by atoms with Crippen molar-refractivity contribution in [2.45, 2.75) is 6.54 Å². The molecule has 0 aliphatic heterocycles. The maximum atomic E-state index is 12.8. The van der Waals surface area contributed by atoms with E-state index in [2.05, 4.69) is 5.32 Å². The van der Waals surface area contributed by atoms with Gasteiger partial charge in [-0.2, -0.15) is 0 Å². The lowest BCUT2D eigenvalue weighted by Crippen LogP contribution is -2.18. The van der Waals surface area contributed by atoms with E-state index in [1.807, 2.05) is 29.0 Å². The van der Waals surface area contributed by atoms with Gasteiger partial charge in [-0.3, -0.25) is 4.79 Å². The molecule has 3 rings (SSSR count). The molecule has 0 aliphatic carbocycles. The molecule has 5 heteroatoms. The van der Waals surface area contributed by atoms with Crippen LogP contribution in [0.4, 0.5) is 10.1 Å². The zero-order chi connectivity index (χ0) is 14.8. The SMILES string of the molecule is O=C(Cn1ccc2cc(Cl)ccc21)Nc1ccc(F)cc1. The molecule has 0 fully saturated rings. The smallest absolute Gasteiger partial charge is 0.244 e. The molecule has 3 nitrogen and oxygen atoms in total. The van der Waals surface area contributed by atoms with E-state index in [9.17, 15) is 9.18 Å². The molecule has 1 N–H and O–H groups in total. The van der Waals surface area contributed by atoms with Crippen LogP contribution in [0.15, 0.2) is 54.7 Å². The zero-order valence-corrected chi connectivity index (χ0v) is 11.8. The summed E-state index contributed by atoms with van der Waals surface area (Å²) in [4.78, 5) is 12.0. The van der Waals surface area contributed by atoms with E-state index in [1.165, 1.54) is 24.3 Å². The molecule has 2 aromatic carbocycles. The number of fused-ring (bicyclic) bond motifs is 1. The summed E-state index contributed by atoms with van der Waals surface area (Å²) in [7, 11) is 0. The van der Waals surface area contributed by atoms with Gasteiger partial charge < -0.3 is 9.88 Å². The number of halogens is 2. The lowest BCUT2D eigenvalue weighted by molar-refractivity contribution is -0.116.